The molecule has 0 bridgehead atoms. The molecule has 1 atom stereocenters. The minimum atomic E-state index is -0.109. The number of benzene rings is 1. The standard InChI is InChI=1S/C10H16N4O2/c1-15-6-3-5(11)9-10(8(6)12)13-4-7(14-9)16-2/h3,7,13-14H,4,11-12H2,1-2H3. The van der Waals surface area contributed by atoms with Crippen LogP contribution < -0.4 is 26.8 Å². The predicted molar refractivity (Wildman–Crippen MR) is 64.7 cm³/mol. The second kappa shape index (κ2) is 3.97. The first-order valence-electron chi connectivity index (χ1n) is 4.96. The van der Waals surface area contributed by atoms with E-state index in [-0.39, 0.29) is 6.23 Å². The number of nitrogens with two attached hydrogens (primary N) is 2. The Morgan fingerprint density at radius 3 is 2.69 bits per heavy atom. The summed E-state index contributed by atoms with van der Waals surface area (Å²) in [6.45, 7) is 0.625. The topological polar surface area (TPSA) is 94.6 Å². The van der Waals surface area contributed by atoms with E-state index in [1.54, 1.807) is 20.3 Å². The van der Waals surface area contributed by atoms with Gasteiger partial charge < -0.3 is 31.6 Å². The number of hydrogen-bond donors (Lipinski definition) is 4. The first-order chi connectivity index (χ1) is 7.67. The van der Waals surface area contributed by atoms with E-state index in [1.165, 1.54) is 0 Å². The highest BCUT2D eigenvalue weighted by atomic mass is 16.5. The maximum absolute atomic E-state index is 5.95. The Morgan fingerprint density at radius 2 is 2.06 bits per heavy atom. The summed E-state index contributed by atoms with van der Waals surface area (Å²) < 4.78 is 10.3. The highest BCUT2D eigenvalue weighted by Gasteiger charge is 2.22. The van der Waals surface area contributed by atoms with Crippen LogP contribution in [0.3, 0.4) is 0 Å². The van der Waals surface area contributed by atoms with Gasteiger partial charge in [0, 0.05) is 13.2 Å². The molecule has 0 aliphatic carbocycles. The van der Waals surface area contributed by atoms with Gasteiger partial charge in [-0.2, -0.15) is 0 Å². The van der Waals surface area contributed by atoms with Gasteiger partial charge in [0.15, 0.2) is 0 Å². The fraction of sp³-hybridized carbons (Fsp3) is 0.400. The molecule has 6 heteroatoms. The Balaban J connectivity index is 2.46. The van der Waals surface area contributed by atoms with Crippen molar-refractivity contribution in [3.63, 3.8) is 0 Å². The average molecular weight is 224 g/mol. The molecule has 0 spiro atoms. The molecule has 0 fully saturated rings. The molecule has 1 heterocycles. The Kier molecular flexibility index (Phi) is 2.66. The molecule has 0 saturated heterocycles. The average Bonchev–Trinajstić information content (AvgIpc) is 2.33. The van der Waals surface area contributed by atoms with Crippen molar-refractivity contribution in [2.45, 2.75) is 6.23 Å². The molecule has 2 rings (SSSR count). The number of nitrogens with one attached hydrogen (secondary N) is 2. The summed E-state index contributed by atoms with van der Waals surface area (Å²) in [4.78, 5) is 0. The third-order valence-corrected chi connectivity index (χ3v) is 2.63. The Hall–Kier alpha value is -1.82. The summed E-state index contributed by atoms with van der Waals surface area (Å²) in [5.41, 5.74) is 14.5. The Bertz CT molecular complexity index is 408. The molecule has 1 aromatic rings. The highest BCUT2D eigenvalue weighted by Crippen LogP contribution is 2.42. The molecular formula is C10H16N4O2. The zero-order valence-electron chi connectivity index (χ0n) is 9.33. The van der Waals surface area contributed by atoms with Gasteiger partial charge in [0.25, 0.3) is 0 Å². The smallest absolute Gasteiger partial charge is 0.146 e. The van der Waals surface area contributed by atoms with Gasteiger partial charge in [0.1, 0.15) is 12.0 Å². The minimum absolute atomic E-state index is 0.109. The van der Waals surface area contributed by atoms with Crippen molar-refractivity contribution in [2.75, 3.05) is 42.9 Å². The Labute approximate surface area is 93.9 Å². The van der Waals surface area contributed by atoms with Gasteiger partial charge in [-0.25, -0.2) is 0 Å². The summed E-state index contributed by atoms with van der Waals surface area (Å²) in [6, 6.07) is 1.70. The summed E-state index contributed by atoms with van der Waals surface area (Å²) in [5.74, 6) is 0.571. The van der Waals surface area contributed by atoms with Crippen LogP contribution in [-0.2, 0) is 4.74 Å². The van der Waals surface area contributed by atoms with Crippen LogP contribution in [0.2, 0.25) is 0 Å². The summed E-state index contributed by atoms with van der Waals surface area (Å²) in [7, 11) is 3.19. The maximum Gasteiger partial charge on any atom is 0.146 e. The van der Waals surface area contributed by atoms with Crippen molar-refractivity contribution in [1.29, 1.82) is 0 Å². The number of rotatable bonds is 2. The number of anilines is 4. The quantitative estimate of drug-likeness (QED) is 0.552. The van der Waals surface area contributed by atoms with Gasteiger partial charge in [-0.1, -0.05) is 0 Å². The largest absolute Gasteiger partial charge is 0.494 e. The third-order valence-electron chi connectivity index (χ3n) is 2.63. The maximum atomic E-state index is 5.95. The molecule has 0 aromatic heterocycles. The Morgan fingerprint density at radius 1 is 1.31 bits per heavy atom. The second-order valence-electron chi connectivity index (χ2n) is 3.58. The molecule has 6 N–H and O–H groups in total. The van der Waals surface area contributed by atoms with E-state index in [9.17, 15) is 0 Å². The van der Waals surface area contributed by atoms with Crippen LogP contribution in [-0.4, -0.2) is 27.0 Å². The van der Waals surface area contributed by atoms with Crippen LogP contribution in [0.15, 0.2) is 6.07 Å². The van der Waals surface area contributed by atoms with Crippen molar-refractivity contribution in [1.82, 2.24) is 0 Å². The van der Waals surface area contributed by atoms with E-state index in [1.807, 2.05) is 0 Å². The highest BCUT2D eigenvalue weighted by molar-refractivity contribution is 5.94. The van der Waals surface area contributed by atoms with Crippen molar-refractivity contribution < 1.29 is 9.47 Å². The number of methoxy groups -OCH3 is 2. The lowest BCUT2D eigenvalue weighted by Gasteiger charge is -2.29. The molecule has 0 saturated carbocycles. The van der Waals surface area contributed by atoms with E-state index < -0.39 is 0 Å². The third kappa shape index (κ3) is 1.57. The molecule has 0 amide bonds. The van der Waals surface area contributed by atoms with Crippen molar-refractivity contribution in [3.8, 4) is 5.75 Å². The zero-order chi connectivity index (χ0) is 11.7. The molecule has 88 valence electrons. The van der Waals surface area contributed by atoms with Crippen LogP contribution in [0.25, 0.3) is 0 Å². The van der Waals surface area contributed by atoms with Gasteiger partial charge in [0.2, 0.25) is 0 Å². The van der Waals surface area contributed by atoms with Crippen LogP contribution >= 0.6 is 0 Å². The van der Waals surface area contributed by atoms with Gasteiger partial charge in [-0.15, -0.1) is 0 Å². The fourth-order valence-corrected chi connectivity index (χ4v) is 1.75. The summed E-state index contributed by atoms with van der Waals surface area (Å²) in [6.07, 6.45) is -0.109. The number of hydrogen-bond acceptors (Lipinski definition) is 6. The van der Waals surface area contributed by atoms with E-state index in [0.717, 1.165) is 11.4 Å². The number of fused-ring (bicyclic) bond motifs is 1. The number of ether oxygens (including phenoxy) is 2. The molecule has 16 heavy (non-hydrogen) atoms. The SMILES string of the molecule is COc1cc(N)c2c(c1N)NCC(OC)N2. The predicted octanol–water partition coefficient (Wildman–Crippen LogP) is 0.669. The molecule has 1 aliphatic heterocycles. The van der Waals surface area contributed by atoms with Crippen LogP contribution in [0, 0.1) is 0 Å². The van der Waals surface area contributed by atoms with Gasteiger partial charge in [0.05, 0.1) is 36.4 Å². The lowest BCUT2D eigenvalue weighted by molar-refractivity contribution is 0.134. The van der Waals surface area contributed by atoms with Crippen molar-refractivity contribution in [3.05, 3.63) is 6.07 Å². The summed E-state index contributed by atoms with van der Waals surface area (Å²) >= 11 is 0. The second-order valence-corrected chi connectivity index (χ2v) is 3.58. The normalized spacial score (nSPS) is 18.2. The van der Waals surface area contributed by atoms with Crippen LogP contribution in [0.1, 0.15) is 0 Å². The lowest BCUT2D eigenvalue weighted by atomic mass is 10.1. The summed E-state index contributed by atoms with van der Waals surface area (Å²) in [5, 5.41) is 6.34. The van der Waals surface area contributed by atoms with Gasteiger partial charge >= 0.3 is 0 Å². The van der Waals surface area contributed by atoms with Gasteiger partial charge in [-0.3, -0.25) is 0 Å². The first-order valence-corrected chi connectivity index (χ1v) is 4.96. The molecule has 6 nitrogen and oxygen atoms in total. The lowest BCUT2D eigenvalue weighted by Crippen LogP contribution is -2.35. The van der Waals surface area contributed by atoms with Gasteiger partial charge in [-0.05, 0) is 0 Å². The van der Waals surface area contributed by atoms with Crippen LogP contribution in [0.4, 0.5) is 22.7 Å². The van der Waals surface area contributed by atoms with E-state index in [2.05, 4.69) is 10.6 Å². The monoisotopic (exact) mass is 224 g/mol. The molecule has 1 unspecified atom stereocenters. The molecule has 1 aromatic carbocycles. The van der Waals surface area contributed by atoms with Crippen molar-refractivity contribution in [2.24, 2.45) is 0 Å². The first kappa shape index (κ1) is 10.7. The number of nitrogen functional groups attached to an aromatic ring is 2. The molecule has 1 aliphatic rings. The van der Waals surface area contributed by atoms with E-state index in [4.69, 9.17) is 20.9 Å². The fourth-order valence-electron chi connectivity index (χ4n) is 1.75. The van der Waals surface area contributed by atoms with E-state index >= 15 is 0 Å². The van der Waals surface area contributed by atoms with Crippen LogP contribution in [0.5, 0.6) is 5.75 Å². The van der Waals surface area contributed by atoms with Crippen molar-refractivity contribution >= 4 is 22.7 Å². The molecule has 0 radical (unpaired) electrons. The minimum Gasteiger partial charge on any atom is -0.494 e. The zero-order valence-corrected chi connectivity index (χ0v) is 9.33. The molecular weight excluding hydrogens is 208 g/mol. The van der Waals surface area contributed by atoms with E-state index in [0.29, 0.717) is 23.7 Å².